The molecule has 0 radical (unpaired) electrons. The maximum Gasteiger partial charge on any atom is 0.241 e. The van der Waals surface area contributed by atoms with Gasteiger partial charge in [0.2, 0.25) is 5.91 Å². The van der Waals surface area contributed by atoms with Crippen molar-refractivity contribution in [2.24, 2.45) is 0 Å². The van der Waals surface area contributed by atoms with Crippen LogP contribution in [0.2, 0.25) is 5.02 Å². The number of carbonyl (C=O) groups excluding carboxylic acids is 1. The van der Waals surface area contributed by atoms with Crippen molar-refractivity contribution in [3.05, 3.63) is 59.1 Å². The van der Waals surface area contributed by atoms with E-state index in [-0.39, 0.29) is 18.1 Å². The Morgan fingerprint density at radius 3 is 2.76 bits per heavy atom. The molecule has 0 aliphatic carbocycles. The van der Waals surface area contributed by atoms with E-state index in [1.165, 1.54) is 0 Å². The Morgan fingerprint density at radius 1 is 1.32 bits per heavy atom. The topological polar surface area (TPSA) is 50.8 Å². The lowest BCUT2D eigenvalue weighted by atomic mass is 10.1. The Labute approximate surface area is 152 Å². The highest BCUT2D eigenvalue weighted by Crippen LogP contribution is 2.27. The van der Waals surface area contributed by atoms with Gasteiger partial charge in [-0.3, -0.25) is 9.69 Å². The molecule has 1 saturated heterocycles. The summed E-state index contributed by atoms with van der Waals surface area (Å²) in [5.41, 5.74) is 1.77. The lowest BCUT2D eigenvalue weighted by Crippen LogP contribution is -2.40. The number of amides is 1. The second kappa shape index (κ2) is 7.87. The highest BCUT2D eigenvalue weighted by molar-refractivity contribution is 6.30. The van der Waals surface area contributed by atoms with Gasteiger partial charge in [0, 0.05) is 17.3 Å². The van der Waals surface area contributed by atoms with Crippen LogP contribution in [0.3, 0.4) is 0 Å². The predicted molar refractivity (Wildman–Crippen MR) is 97.9 cm³/mol. The van der Waals surface area contributed by atoms with Gasteiger partial charge in [-0.1, -0.05) is 23.7 Å². The van der Waals surface area contributed by atoms with Crippen molar-refractivity contribution < 1.29 is 14.3 Å². The third-order valence-electron chi connectivity index (χ3n) is 4.35. The Morgan fingerprint density at radius 2 is 2.08 bits per heavy atom. The number of methoxy groups -OCH3 is 1. The second-order valence-electron chi connectivity index (χ2n) is 6.00. The van der Waals surface area contributed by atoms with E-state index in [2.05, 4.69) is 5.32 Å². The highest BCUT2D eigenvalue weighted by Gasteiger charge is 2.31. The molecule has 5 nitrogen and oxygen atoms in total. The third kappa shape index (κ3) is 4.31. The van der Waals surface area contributed by atoms with E-state index >= 15 is 0 Å². The minimum absolute atomic E-state index is 0.0690. The third-order valence-corrected chi connectivity index (χ3v) is 4.58. The molecule has 0 spiro atoms. The zero-order valence-electron chi connectivity index (χ0n) is 14.2. The first kappa shape index (κ1) is 17.7. The minimum atomic E-state index is -0.300. The van der Waals surface area contributed by atoms with Gasteiger partial charge in [-0.15, -0.1) is 0 Å². The van der Waals surface area contributed by atoms with Crippen LogP contribution in [0.15, 0.2) is 48.5 Å². The molecule has 2 atom stereocenters. The molecule has 0 bridgehead atoms. The van der Waals surface area contributed by atoms with Crippen LogP contribution < -0.4 is 10.1 Å². The first-order valence-electron chi connectivity index (χ1n) is 8.13. The summed E-state index contributed by atoms with van der Waals surface area (Å²) in [6.07, 6.45) is -0.0741. The molecular weight excluding hydrogens is 340 g/mol. The summed E-state index contributed by atoms with van der Waals surface area (Å²) >= 11 is 6.04. The molecule has 2 aromatic rings. The van der Waals surface area contributed by atoms with Crippen molar-refractivity contribution in [1.29, 1.82) is 0 Å². The second-order valence-corrected chi connectivity index (χ2v) is 6.44. The quantitative estimate of drug-likeness (QED) is 0.883. The van der Waals surface area contributed by atoms with Crippen molar-refractivity contribution in [3.63, 3.8) is 0 Å². The number of nitrogens with zero attached hydrogens (tertiary/aromatic N) is 1. The van der Waals surface area contributed by atoms with Crippen molar-refractivity contribution in [3.8, 4) is 5.75 Å². The zero-order chi connectivity index (χ0) is 17.8. The van der Waals surface area contributed by atoms with Crippen LogP contribution in [-0.2, 0) is 9.53 Å². The molecule has 0 aromatic heterocycles. The smallest absolute Gasteiger partial charge is 0.241 e. The number of carbonyl (C=O) groups is 1. The molecule has 132 valence electrons. The minimum Gasteiger partial charge on any atom is -0.497 e. The molecule has 1 N–H and O–H groups in total. The van der Waals surface area contributed by atoms with E-state index in [1.807, 2.05) is 60.4 Å². The molecule has 25 heavy (non-hydrogen) atoms. The molecule has 2 unspecified atom stereocenters. The van der Waals surface area contributed by atoms with E-state index in [0.29, 0.717) is 18.3 Å². The first-order chi connectivity index (χ1) is 12.1. The molecule has 2 aromatic carbocycles. The maximum absolute atomic E-state index is 12.5. The molecular formula is C19H21ClN2O3. The Hall–Kier alpha value is -2.08. The predicted octanol–water partition coefficient (Wildman–Crippen LogP) is 3.71. The number of hydrogen-bond donors (Lipinski definition) is 1. The van der Waals surface area contributed by atoms with Crippen molar-refractivity contribution in [2.75, 3.05) is 25.7 Å². The van der Waals surface area contributed by atoms with E-state index in [4.69, 9.17) is 21.1 Å². The summed E-state index contributed by atoms with van der Waals surface area (Å²) < 4.78 is 10.9. The number of anilines is 1. The molecule has 0 saturated carbocycles. The SMILES string of the molecule is COc1ccc(NC(=O)C(C)N2COC(c3cccc(Cl)c3)C2)cc1. The van der Waals surface area contributed by atoms with E-state index in [0.717, 1.165) is 17.0 Å². The number of hydrogen-bond acceptors (Lipinski definition) is 4. The van der Waals surface area contributed by atoms with Gasteiger partial charge in [0.15, 0.2) is 0 Å². The zero-order valence-corrected chi connectivity index (χ0v) is 15.0. The Bertz CT molecular complexity index is 736. The first-order valence-corrected chi connectivity index (χ1v) is 8.50. The van der Waals surface area contributed by atoms with Crippen LogP contribution in [0.25, 0.3) is 0 Å². The summed E-state index contributed by atoms with van der Waals surface area (Å²) in [6, 6.07) is 14.6. The normalized spacial score (nSPS) is 18.8. The van der Waals surface area contributed by atoms with Crippen LogP contribution in [-0.4, -0.2) is 37.2 Å². The van der Waals surface area contributed by atoms with Gasteiger partial charge < -0.3 is 14.8 Å². The van der Waals surface area contributed by atoms with Crippen molar-refractivity contribution >= 4 is 23.2 Å². The number of nitrogens with one attached hydrogen (secondary N) is 1. The lowest BCUT2D eigenvalue weighted by molar-refractivity contribution is -0.121. The van der Waals surface area contributed by atoms with Gasteiger partial charge in [-0.25, -0.2) is 0 Å². The van der Waals surface area contributed by atoms with Gasteiger partial charge >= 0.3 is 0 Å². The van der Waals surface area contributed by atoms with Crippen molar-refractivity contribution in [1.82, 2.24) is 4.90 Å². The van der Waals surface area contributed by atoms with Crippen LogP contribution in [0.1, 0.15) is 18.6 Å². The van der Waals surface area contributed by atoms with Crippen LogP contribution in [0, 0.1) is 0 Å². The van der Waals surface area contributed by atoms with Gasteiger partial charge in [-0.05, 0) is 48.9 Å². The maximum atomic E-state index is 12.5. The Kier molecular flexibility index (Phi) is 5.58. The van der Waals surface area contributed by atoms with Gasteiger partial charge in [0.05, 0.1) is 19.3 Å². The lowest BCUT2D eigenvalue weighted by Gasteiger charge is -2.21. The van der Waals surface area contributed by atoms with Gasteiger partial charge in [-0.2, -0.15) is 0 Å². The average Bonchev–Trinajstić information content (AvgIpc) is 3.12. The molecule has 3 rings (SSSR count). The van der Waals surface area contributed by atoms with Crippen molar-refractivity contribution in [2.45, 2.75) is 19.1 Å². The summed E-state index contributed by atoms with van der Waals surface area (Å²) in [4.78, 5) is 14.5. The largest absolute Gasteiger partial charge is 0.497 e. The van der Waals surface area contributed by atoms with Crippen LogP contribution >= 0.6 is 11.6 Å². The highest BCUT2D eigenvalue weighted by atomic mass is 35.5. The molecule has 1 aliphatic heterocycles. The summed E-state index contributed by atoms with van der Waals surface area (Å²) in [6.45, 7) is 2.94. The summed E-state index contributed by atoms with van der Waals surface area (Å²) in [7, 11) is 1.61. The van der Waals surface area contributed by atoms with Crippen LogP contribution in [0.5, 0.6) is 5.75 Å². The standard InChI is InChI=1S/C19H21ClN2O3/c1-13(19(23)21-16-6-8-17(24-2)9-7-16)22-11-18(25-12-22)14-4-3-5-15(20)10-14/h3-10,13,18H,11-12H2,1-2H3,(H,21,23). The molecule has 6 heteroatoms. The number of ether oxygens (including phenoxy) is 2. The fraction of sp³-hybridized carbons (Fsp3) is 0.316. The number of rotatable bonds is 5. The number of benzene rings is 2. The van der Waals surface area contributed by atoms with E-state index in [9.17, 15) is 4.79 Å². The summed E-state index contributed by atoms with van der Waals surface area (Å²) in [5.74, 6) is 0.684. The molecule has 1 fully saturated rings. The monoisotopic (exact) mass is 360 g/mol. The molecule has 1 aliphatic rings. The van der Waals surface area contributed by atoms with E-state index in [1.54, 1.807) is 7.11 Å². The molecule has 1 heterocycles. The average molecular weight is 361 g/mol. The fourth-order valence-electron chi connectivity index (χ4n) is 2.77. The van der Waals surface area contributed by atoms with Gasteiger partial charge in [0.25, 0.3) is 0 Å². The Balaban J connectivity index is 1.59. The number of halogens is 1. The van der Waals surface area contributed by atoms with Gasteiger partial charge in [0.1, 0.15) is 12.5 Å². The fourth-order valence-corrected chi connectivity index (χ4v) is 2.97. The van der Waals surface area contributed by atoms with Crippen LogP contribution in [0.4, 0.5) is 5.69 Å². The molecule has 1 amide bonds. The summed E-state index contributed by atoms with van der Waals surface area (Å²) in [5, 5.41) is 3.61. The van der Waals surface area contributed by atoms with E-state index < -0.39 is 0 Å².